The van der Waals surface area contributed by atoms with Crippen LogP contribution in [0.3, 0.4) is 0 Å². The normalized spacial score (nSPS) is 23.3. The number of carbonyl (C=O) groups is 1. The first-order valence-electron chi connectivity index (χ1n) is 6.28. The third-order valence-electron chi connectivity index (χ3n) is 3.26. The molecule has 1 aliphatic heterocycles. The van der Waals surface area contributed by atoms with Crippen molar-refractivity contribution >= 4 is 23.3 Å². The van der Waals surface area contributed by atoms with Gasteiger partial charge in [-0.3, -0.25) is 4.79 Å². The number of β-amino-alcohol motifs (C(OH)–C–C–N with tert-alkyl or cyclic N) is 1. The Morgan fingerprint density at radius 1 is 1.58 bits per heavy atom. The number of hydrogen-bond donors (Lipinski definition) is 2. The molecule has 5 nitrogen and oxygen atoms in total. The molecule has 19 heavy (non-hydrogen) atoms. The van der Waals surface area contributed by atoms with Gasteiger partial charge in [0, 0.05) is 25.7 Å². The molecule has 2 heterocycles. The van der Waals surface area contributed by atoms with Crippen molar-refractivity contribution in [2.45, 2.75) is 25.4 Å². The number of halogens is 1. The van der Waals surface area contributed by atoms with Crippen LogP contribution in [-0.2, 0) is 0 Å². The second-order valence-corrected chi connectivity index (χ2v) is 5.53. The van der Waals surface area contributed by atoms with Crippen LogP contribution in [0.4, 0.5) is 5.82 Å². The molecule has 0 bridgehead atoms. The molecule has 1 aromatic rings. The number of likely N-dealkylation sites (tertiary alicyclic amines) is 1. The maximum Gasteiger partial charge on any atom is 0.254 e. The maximum atomic E-state index is 12.4. The van der Waals surface area contributed by atoms with E-state index < -0.39 is 5.60 Å². The second-order valence-electron chi connectivity index (χ2n) is 5.14. The number of anilines is 1. The molecule has 1 unspecified atom stereocenters. The van der Waals surface area contributed by atoms with Gasteiger partial charge in [-0.05, 0) is 31.9 Å². The SMILES string of the molecule is CNc1cc(C(=O)N2CCCC(C)(O)C2)cc(Cl)n1. The summed E-state index contributed by atoms with van der Waals surface area (Å²) in [5, 5.41) is 13.2. The molecule has 104 valence electrons. The zero-order chi connectivity index (χ0) is 14.0. The van der Waals surface area contributed by atoms with E-state index in [0.717, 1.165) is 12.8 Å². The highest BCUT2D eigenvalue weighted by molar-refractivity contribution is 6.29. The third-order valence-corrected chi connectivity index (χ3v) is 3.45. The van der Waals surface area contributed by atoms with Crippen LogP contribution in [0.25, 0.3) is 0 Å². The predicted molar refractivity (Wildman–Crippen MR) is 74.6 cm³/mol. The van der Waals surface area contributed by atoms with Crippen molar-refractivity contribution in [1.29, 1.82) is 0 Å². The Kier molecular flexibility index (Phi) is 3.96. The van der Waals surface area contributed by atoms with Crippen LogP contribution in [0.5, 0.6) is 0 Å². The molecule has 6 heteroatoms. The Morgan fingerprint density at radius 3 is 2.95 bits per heavy atom. The number of aliphatic hydroxyl groups is 1. The molecule has 2 N–H and O–H groups in total. The molecule has 1 amide bonds. The fourth-order valence-electron chi connectivity index (χ4n) is 2.32. The summed E-state index contributed by atoms with van der Waals surface area (Å²) < 4.78 is 0. The highest BCUT2D eigenvalue weighted by Gasteiger charge is 2.31. The number of nitrogens with zero attached hydrogens (tertiary/aromatic N) is 2. The first kappa shape index (κ1) is 14.1. The molecule has 0 saturated carbocycles. The fraction of sp³-hybridized carbons (Fsp3) is 0.538. The summed E-state index contributed by atoms with van der Waals surface area (Å²) in [6.45, 7) is 2.76. The van der Waals surface area contributed by atoms with Crippen LogP contribution in [0.2, 0.25) is 5.15 Å². The van der Waals surface area contributed by atoms with Crippen LogP contribution in [0, 0.1) is 0 Å². The van der Waals surface area contributed by atoms with Gasteiger partial charge in [-0.2, -0.15) is 0 Å². The van der Waals surface area contributed by atoms with Crippen LogP contribution < -0.4 is 5.32 Å². The van der Waals surface area contributed by atoms with Crippen molar-refractivity contribution < 1.29 is 9.90 Å². The Bertz CT molecular complexity index is 491. The number of nitrogens with one attached hydrogen (secondary N) is 1. The topological polar surface area (TPSA) is 65.5 Å². The Hall–Kier alpha value is -1.33. The standard InChI is InChI=1S/C13H18ClN3O2/c1-13(19)4-3-5-17(8-13)12(18)9-6-10(14)16-11(7-9)15-2/h6-7,19H,3-5,8H2,1-2H3,(H,15,16). The Morgan fingerprint density at radius 2 is 2.32 bits per heavy atom. The average Bonchev–Trinajstić information content (AvgIpc) is 2.35. The van der Waals surface area contributed by atoms with Gasteiger partial charge in [0.25, 0.3) is 5.91 Å². The van der Waals surface area contributed by atoms with Gasteiger partial charge in [0.05, 0.1) is 5.60 Å². The van der Waals surface area contributed by atoms with Crippen LogP contribution in [-0.4, -0.2) is 46.6 Å². The average molecular weight is 284 g/mol. The number of aromatic nitrogens is 1. The van der Waals surface area contributed by atoms with E-state index in [1.165, 1.54) is 0 Å². The zero-order valence-electron chi connectivity index (χ0n) is 11.1. The molecule has 1 aromatic heterocycles. The highest BCUT2D eigenvalue weighted by Crippen LogP contribution is 2.23. The summed E-state index contributed by atoms with van der Waals surface area (Å²) in [6, 6.07) is 3.21. The van der Waals surface area contributed by atoms with Crippen molar-refractivity contribution in [2.75, 3.05) is 25.5 Å². The van der Waals surface area contributed by atoms with Crippen LogP contribution >= 0.6 is 11.6 Å². The smallest absolute Gasteiger partial charge is 0.254 e. The lowest BCUT2D eigenvalue weighted by molar-refractivity contribution is -0.0107. The Balaban J connectivity index is 2.21. The van der Waals surface area contributed by atoms with E-state index in [1.807, 2.05) is 0 Å². The van der Waals surface area contributed by atoms with E-state index in [0.29, 0.717) is 24.5 Å². The number of piperidine rings is 1. The number of amides is 1. The molecule has 0 spiro atoms. The van der Waals surface area contributed by atoms with Gasteiger partial charge in [0.2, 0.25) is 0 Å². The fourth-order valence-corrected chi connectivity index (χ4v) is 2.53. The minimum atomic E-state index is -0.809. The molecule has 1 atom stereocenters. The number of hydrogen-bond acceptors (Lipinski definition) is 4. The summed E-state index contributed by atoms with van der Waals surface area (Å²) in [5.41, 5.74) is -0.321. The summed E-state index contributed by atoms with van der Waals surface area (Å²) in [5.74, 6) is 0.431. The van der Waals surface area contributed by atoms with Crippen molar-refractivity contribution in [3.8, 4) is 0 Å². The summed E-state index contributed by atoms with van der Waals surface area (Å²) in [7, 11) is 1.72. The van der Waals surface area contributed by atoms with E-state index in [1.54, 1.807) is 31.0 Å². The van der Waals surface area contributed by atoms with Gasteiger partial charge in [0.15, 0.2) is 0 Å². The van der Waals surface area contributed by atoms with Gasteiger partial charge in [-0.25, -0.2) is 4.98 Å². The van der Waals surface area contributed by atoms with E-state index in [9.17, 15) is 9.90 Å². The van der Waals surface area contributed by atoms with Gasteiger partial charge in [-0.1, -0.05) is 11.6 Å². The molecule has 1 saturated heterocycles. The quantitative estimate of drug-likeness (QED) is 0.812. The first-order chi connectivity index (χ1) is 8.91. The largest absolute Gasteiger partial charge is 0.388 e. The monoisotopic (exact) mass is 283 g/mol. The first-order valence-corrected chi connectivity index (χ1v) is 6.66. The van der Waals surface area contributed by atoms with Gasteiger partial charge in [0.1, 0.15) is 11.0 Å². The minimum absolute atomic E-state index is 0.124. The van der Waals surface area contributed by atoms with Crippen molar-refractivity contribution in [2.24, 2.45) is 0 Å². The minimum Gasteiger partial charge on any atom is -0.388 e. The zero-order valence-corrected chi connectivity index (χ0v) is 11.9. The van der Waals surface area contributed by atoms with Crippen molar-refractivity contribution in [1.82, 2.24) is 9.88 Å². The summed E-state index contributed by atoms with van der Waals surface area (Å²) >= 11 is 5.90. The molecule has 0 aromatic carbocycles. The lowest BCUT2D eigenvalue weighted by Gasteiger charge is -2.36. The predicted octanol–water partition coefficient (Wildman–Crippen LogP) is 1.76. The molecular weight excluding hydrogens is 266 g/mol. The summed E-state index contributed by atoms with van der Waals surface area (Å²) in [6.07, 6.45) is 1.52. The molecule has 1 fully saturated rings. The maximum absolute atomic E-state index is 12.4. The second kappa shape index (κ2) is 5.35. The Labute approximate surface area is 117 Å². The number of rotatable bonds is 2. The van der Waals surface area contributed by atoms with E-state index in [2.05, 4.69) is 10.3 Å². The van der Waals surface area contributed by atoms with Crippen molar-refractivity contribution in [3.63, 3.8) is 0 Å². The van der Waals surface area contributed by atoms with E-state index in [-0.39, 0.29) is 11.1 Å². The van der Waals surface area contributed by atoms with Crippen molar-refractivity contribution in [3.05, 3.63) is 22.8 Å². The van der Waals surface area contributed by atoms with Crippen LogP contribution in [0.1, 0.15) is 30.1 Å². The number of carbonyl (C=O) groups excluding carboxylic acids is 1. The molecule has 2 rings (SSSR count). The lowest BCUT2D eigenvalue weighted by Crippen LogP contribution is -2.48. The van der Waals surface area contributed by atoms with Gasteiger partial charge in [-0.15, -0.1) is 0 Å². The van der Waals surface area contributed by atoms with Crippen LogP contribution in [0.15, 0.2) is 12.1 Å². The third kappa shape index (κ3) is 3.36. The lowest BCUT2D eigenvalue weighted by atomic mass is 9.95. The molecule has 0 radical (unpaired) electrons. The molecule has 1 aliphatic rings. The molecule has 0 aliphatic carbocycles. The van der Waals surface area contributed by atoms with E-state index >= 15 is 0 Å². The van der Waals surface area contributed by atoms with Gasteiger partial charge >= 0.3 is 0 Å². The highest BCUT2D eigenvalue weighted by atomic mass is 35.5. The number of pyridine rings is 1. The summed E-state index contributed by atoms with van der Waals surface area (Å²) in [4.78, 5) is 18.1. The molecular formula is C13H18ClN3O2. The van der Waals surface area contributed by atoms with Gasteiger partial charge < -0.3 is 15.3 Å². The van der Waals surface area contributed by atoms with E-state index in [4.69, 9.17) is 11.6 Å².